The number of carbonyl (C=O) groups excluding carboxylic acids is 2. The number of amides is 2. The molecule has 2 aromatic carbocycles. The zero-order chi connectivity index (χ0) is 17.6. The van der Waals surface area contributed by atoms with Gasteiger partial charge in [-0.1, -0.05) is 18.2 Å². The largest absolute Gasteiger partial charge is 0.496 e. The van der Waals surface area contributed by atoms with Gasteiger partial charge in [0.2, 0.25) is 5.91 Å². The first-order valence-corrected chi connectivity index (χ1v) is 8.14. The lowest BCUT2D eigenvalue weighted by molar-refractivity contribution is -0.116. The molecule has 0 aromatic heterocycles. The Balaban J connectivity index is 1.61. The fourth-order valence-electron chi connectivity index (χ4n) is 2.67. The first kappa shape index (κ1) is 16.8. The Bertz CT molecular complexity index is 789. The lowest BCUT2D eigenvalue weighted by Gasteiger charge is -2.11. The van der Waals surface area contributed by atoms with E-state index in [0.717, 1.165) is 5.56 Å². The van der Waals surface area contributed by atoms with Crippen LogP contribution in [-0.2, 0) is 11.2 Å². The fourth-order valence-corrected chi connectivity index (χ4v) is 2.67. The molecular formula is C19H20N2O4. The van der Waals surface area contributed by atoms with Crippen molar-refractivity contribution < 1.29 is 19.1 Å². The molecule has 0 saturated carbocycles. The predicted octanol–water partition coefficient (Wildman–Crippen LogP) is 2.39. The Labute approximate surface area is 146 Å². The molecule has 0 saturated heterocycles. The molecule has 2 aromatic rings. The van der Waals surface area contributed by atoms with E-state index in [9.17, 15) is 9.59 Å². The van der Waals surface area contributed by atoms with E-state index < -0.39 is 0 Å². The highest BCUT2D eigenvalue weighted by molar-refractivity contribution is 5.97. The van der Waals surface area contributed by atoms with Gasteiger partial charge in [0.05, 0.1) is 31.4 Å². The zero-order valence-electron chi connectivity index (χ0n) is 14.0. The lowest BCUT2D eigenvalue weighted by Crippen LogP contribution is -2.26. The molecule has 0 bridgehead atoms. The van der Waals surface area contributed by atoms with Crippen molar-refractivity contribution in [3.05, 3.63) is 53.6 Å². The van der Waals surface area contributed by atoms with Crippen LogP contribution in [0.4, 0.5) is 5.69 Å². The van der Waals surface area contributed by atoms with Gasteiger partial charge in [0.15, 0.2) is 0 Å². The summed E-state index contributed by atoms with van der Waals surface area (Å²) in [4.78, 5) is 23.9. The number of hydrogen-bond acceptors (Lipinski definition) is 4. The normalized spacial score (nSPS) is 13.1. The van der Waals surface area contributed by atoms with Gasteiger partial charge in [-0.15, -0.1) is 0 Å². The molecule has 0 radical (unpaired) electrons. The summed E-state index contributed by atoms with van der Waals surface area (Å²) in [7, 11) is 1.54. The van der Waals surface area contributed by atoms with Crippen LogP contribution in [0.5, 0.6) is 11.5 Å². The summed E-state index contributed by atoms with van der Waals surface area (Å²) in [6.45, 7) is 0.859. The first-order chi connectivity index (χ1) is 12.2. The number of carbonyl (C=O) groups is 2. The molecule has 1 aliphatic heterocycles. The fraction of sp³-hybridized carbons (Fsp3) is 0.263. The summed E-state index contributed by atoms with van der Waals surface area (Å²) in [5.74, 6) is 0.988. The van der Waals surface area contributed by atoms with Crippen LogP contribution in [0.3, 0.4) is 0 Å². The molecule has 2 N–H and O–H groups in total. The molecule has 6 heteroatoms. The highest BCUT2D eigenvalue weighted by Gasteiger charge is 2.14. The van der Waals surface area contributed by atoms with Crippen molar-refractivity contribution in [2.75, 3.05) is 25.6 Å². The number of benzene rings is 2. The van der Waals surface area contributed by atoms with Crippen LogP contribution in [0.2, 0.25) is 0 Å². The van der Waals surface area contributed by atoms with Crippen LogP contribution in [0.25, 0.3) is 0 Å². The minimum absolute atomic E-state index is 0.0552. The monoisotopic (exact) mass is 340 g/mol. The van der Waals surface area contributed by atoms with Crippen LogP contribution < -0.4 is 20.1 Å². The maximum absolute atomic E-state index is 12.3. The highest BCUT2D eigenvalue weighted by atomic mass is 16.5. The Morgan fingerprint density at radius 2 is 2.12 bits per heavy atom. The summed E-state index contributed by atoms with van der Waals surface area (Å²) in [5.41, 5.74) is 2.19. The summed E-state index contributed by atoms with van der Waals surface area (Å²) < 4.78 is 10.7. The SMILES string of the molecule is COc1ccccc1C(=O)NCCc1ccc2c(c1)NC(=O)CCO2. The van der Waals surface area contributed by atoms with Crippen molar-refractivity contribution in [1.82, 2.24) is 5.32 Å². The van der Waals surface area contributed by atoms with E-state index >= 15 is 0 Å². The highest BCUT2D eigenvalue weighted by Crippen LogP contribution is 2.28. The number of para-hydroxylation sites is 1. The average Bonchev–Trinajstić information content (AvgIpc) is 2.81. The number of ether oxygens (including phenoxy) is 2. The average molecular weight is 340 g/mol. The van der Waals surface area contributed by atoms with Crippen molar-refractivity contribution in [3.8, 4) is 11.5 Å². The van der Waals surface area contributed by atoms with E-state index in [0.29, 0.717) is 48.7 Å². The third-order valence-electron chi connectivity index (χ3n) is 3.96. The van der Waals surface area contributed by atoms with Crippen LogP contribution in [0, 0.1) is 0 Å². The summed E-state index contributed by atoms with van der Waals surface area (Å²) >= 11 is 0. The molecule has 0 atom stereocenters. The molecule has 1 aliphatic rings. The van der Waals surface area contributed by atoms with Crippen molar-refractivity contribution in [1.29, 1.82) is 0 Å². The molecule has 0 aliphatic carbocycles. The van der Waals surface area contributed by atoms with Gasteiger partial charge < -0.3 is 20.1 Å². The van der Waals surface area contributed by atoms with E-state index in [1.54, 1.807) is 18.2 Å². The van der Waals surface area contributed by atoms with Gasteiger partial charge in [0.1, 0.15) is 11.5 Å². The van der Waals surface area contributed by atoms with E-state index in [2.05, 4.69) is 10.6 Å². The van der Waals surface area contributed by atoms with Gasteiger partial charge in [0, 0.05) is 6.54 Å². The van der Waals surface area contributed by atoms with Crippen LogP contribution in [0.1, 0.15) is 22.3 Å². The predicted molar refractivity (Wildman–Crippen MR) is 94.2 cm³/mol. The van der Waals surface area contributed by atoms with Crippen molar-refractivity contribution in [2.24, 2.45) is 0 Å². The molecule has 25 heavy (non-hydrogen) atoms. The molecule has 0 spiro atoms. The molecule has 2 amide bonds. The second-order valence-corrected chi connectivity index (χ2v) is 5.68. The Hall–Kier alpha value is -3.02. The smallest absolute Gasteiger partial charge is 0.255 e. The topological polar surface area (TPSA) is 76.7 Å². The third-order valence-corrected chi connectivity index (χ3v) is 3.96. The number of fused-ring (bicyclic) bond motifs is 1. The van der Waals surface area contributed by atoms with Gasteiger partial charge >= 0.3 is 0 Å². The van der Waals surface area contributed by atoms with E-state index in [4.69, 9.17) is 9.47 Å². The van der Waals surface area contributed by atoms with Gasteiger partial charge in [-0.3, -0.25) is 9.59 Å². The molecular weight excluding hydrogens is 320 g/mol. The number of anilines is 1. The third kappa shape index (κ3) is 4.09. The minimum Gasteiger partial charge on any atom is -0.496 e. The Morgan fingerprint density at radius 3 is 2.96 bits per heavy atom. The van der Waals surface area contributed by atoms with Gasteiger partial charge in [-0.05, 0) is 36.2 Å². The zero-order valence-corrected chi connectivity index (χ0v) is 14.0. The minimum atomic E-state index is -0.177. The van der Waals surface area contributed by atoms with Gasteiger partial charge in [-0.25, -0.2) is 0 Å². The van der Waals surface area contributed by atoms with Gasteiger partial charge in [-0.2, -0.15) is 0 Å². The summed E-state index contributed by atoms with van der Waals surface area (Å²) in [6, 6.07) is 12.8. The number of hydrogen-bond donors (Lipinski definition) is 2. The van der Waals surface area contributed by atoms with E-state index in [-0.39, 0.29) is 11.8 Å². The quantitative estimate of drug-likeness (QED) is 0.876. The van der Waals surface area contributed by atoms with Crippen LogP contribution in [0.15, 0.2) is 42.5 Å². The number of nitrogens with one attached hydrogen (secondary N) is 2. The molecule has 6 nitrogen and oxygen atoms in total. The van der Waals surface area contributed by atoms with E-state index in [1.807, 2.05) is 24.3 Å². The van der Waals surface area contributed by atoms with Crippen molar-refractivity contribution >= 4 is 17.5 Å². The summed E-state index contributed by atoms with van der Waals surface area (Å²) in [5, 5.41) is 5.72. The number of rotatable bonds is 5. The van der Waals surface area contributed by atoms with E-state index in [1.165, 1.54) is 7.11 Å². The first-order valence-electron chi connectivity index (χ1n) is 8.14. The molecule has 0 fully saturated rings. The molecule has 130 valence electrons. The maximum Gasteiger partial charge on any atom is 0.255 e. The second kappa shape index (κ2) is 7.70. The Morgan fingerprint density at radius 1 is 1.28 bits per heavy atom. The second-order valence-electron chi connectivity index (χ2n) is 5.68. The maximum atomic E-state index is 12.3. The lowest BCUT2D eigenvalue weighted by atomic mass is 10.1. The van der Waals surface area contributed by atoms with Crippen LogP contribution in [-0.4, -0.2) is 32.1 Å². The van der Waals surface area contributed by atoms with Crippen LogP contribution >= 0.6 is 0 Å². The van der Waals surface area contributed by atoms with Gasteiger partial charge in [0.25, 0.3) is 5.91 Å². The van der Waals surface area contributed by atoms with Crippen molar-refractivity contribution in [2.45, 2.75) is 12.8 Å². The number of methoxy groups -OCH3 is 1. The molecule has 3 rings (SSSR count). The standard InChI is InChI=1S/C19H20N2O4/c1-24-16-5-3-2-4-14(16)19(23)20-10-8-13-6-7-17-15(12-13)21-18(22)9-11-25-17/h2-7,12H,8-11H2,1H3,(H,20,23)(H,21,22). The molecule has 0 unspecified atom stereocenters. The van der Waals surface area contributed by atoms with Crippen molar-refractivity contribution in [3.63, 3.8) is 0 Å². The Kier molecular flexibility index (Phi) is 5.18. The molecule has 1 heterocycles. The summed E-state index contributed by atoms with van der Waals surface area (Å²) in [6.07, 6.45) is 0.989.